The minimum Gasteiger partial charge on any atom is -0.468 e. The molecule has 0 aromatic heterocycles. The second kappa shape index (κ2) is 3.53. The number of methoxy groups -OCH3 is 1. The third kappa shape index (κ3) is 1.73. The van der Waals surface area contributed by atoms with Crippen LogP contribution in [0.25, 0.3) is 0 Å². The zero-order valence-electron chi connectivity index (χ0n) is 6.95. The van der Waals surface area contributed by atoms with Crippen LogP contribution in [-0.4, -0.2) is 43.0 Å². The lowest BCUT2D eigenvalue weighted by Gasteiger charge is -2.37. The Balaban J connectivity index is 2.34. The number of hydrogen-bond acceptors (Lipinski definition) is 4. The van der Waals surface area contributed by atoms with Gasteiger partial charge in [0.1, 0.15) is 0 Å². The highest BCUT2D eigenvalue weighted by atomic mass is 16.5. The smallest absolute Gasteiger partial charge is 0.319 e. The van der Waals surface area contributed by atoms with Crippen LogP contribution in [0, 0.1) is 0 Å². The fourth-order valence-electron chi connectivity index (χ4n) is 1.18. The number of hydrogen-bond donors (Lipinski definition) is 1. The zero-order valence-corrected chi connectivity index (χ0v) is 6.95. The molecule has 0 saturated carbocycles. The summed E-state index contributed by atoms with van der Waals surface area (Å²) in [5, 5.41) is 0. The van der Waals surface area contributed by atoms with Crippen molar-refractivity contribution in [3.63, 3.8) is 0 Å². The second-order valence-corrected chi connectivity index (χ2v) is 2.75. The average Bonchev–Trinajstić information content (AvgIpc) is 1.96. The molecule has 1 atom stereocenters. The number of primary amides is 1. The molecular formula is C7H12N2O3. The van der Waals surface area contributed by atoms with E-state index in [1.807, 2.05) is 0 Å². The van der Waals surface area contributed by atoms with Gasteiger partial charge in [-0.3, -0.25) is 14.5 Å². The van der Waals surface area contributed by atoms with Crippen molar-refractivity contribution in [1.29, 1.82) is 0 Å². The standard InChI is InChI=1S/C7H12N2O3/c1-12-6(10)4-9-3-2-5(9)7(8)11/h5H,2-4H2,1H3,(H2,8,11). The Hall–Kier alpha value is -1.10. The first-order chi connectivity index (χ1) is 5.65. The van der Waals surface area contributed by atoms with Crippen LogP contribution >= 0.6 is 0 Å². The molecule has 0 aromatic rings. The molecule has 0 bridgehead atoms. The van der Waals surface area contributed by atoms with Crippen molar-refractivity contribution < 1.29 is 14.3 Å². The highest BCUT2D eigenvalue weighted by molar-refractivity contribution is 5.82. The summed E-state index contributed by atoms with van der Waals surface area (Å²) in [5.74, 6) is -0.703. The average molecular weight is 172 g/mol. The molecule has 68 valence electrons. The maximum Gasteiger partial charge on any atom is 0.319 e. The monoisotopic (exact) mass is 172 g/mol. The van der Waals surface area contributed by atoms with E-state index < -0.39 is 0 Å². The van der Waals surface area contributed by atoms with Crippen molar-refractivity contribution in [2.75, 3.05) is 20.2 Å². The van der Waals surface area contributed by atoms with Crippen LogP contribution in [0.3, 0.4) is 0 Å². The summed E-state index contributed by atoms with van der Waals surface area (Å²) in [6.45, 7) is 0.896. The maximum atomic E-state index is 10.8. The Morgan fingerprint density at radius 2 is 2.33 bits per heavy atom. The number of nitrogens with two attached hydrogens (primary N) is 1. The number of carbonyl (C=O) groups excluding carboxylic acids is 2. The van der Waals surface area contributed by atoms with Crippen molar-refractivity contribution in [3.8, 4) is 0 Å². The third-order valence-corrected chi connectivity index (χ3v) is 2.02. The quantitative estimate of drug-likeness (QED) is 0.538. The molecule has 0 spiro atoms. The molecule has 1 aliphatic heterocycles. The minimum atomic E-state index is -0.370. The Kier molecular flexibility index (Phi) is 2.65. The van der Waals surface area contributed by atoms with E-state index in [1.165, 1.54) is 7.11 Å². The van der Waals surface area contributed by atoms with Crippen LogP contribution in [0.5, 0.6) is 0 Å². The number of carbonyl (C=O) groups is 2. The highest BCUT2D eigenvalue weighted by Crippen LogP contribution is 2.15. The number of rotatable bonds is 3. The summed E-state index contributed by atoms with van der Waals surface area (Å²) >= 11 is 0. The summed E-state index contributed by atoms with van der Waals surface area (Å²) in [6, 6.07) is -0.274. The number of likely N-dealkylation sites (tertiary alicyclic amines) is 1. The van der Waals surface area contributed by atoms with Crippen LogP contribution in [0.1, 0.15) is 6.42 Å². The van der Waals surface area contributed by atoms with Gasteiger partial charge in [0.25, 0.3) is 0 Å². The maximum absolute atomic E-state index is 10.8. The lowest BCUT2D eigenvalue weighted by Crippen LogP contribution is -2.56. The Labute approximate surface area is 70.5 Å². The normalized spacial score (nSPS) is 22.9. The van der Waals surface area contributed by atoms with Crippen LogP contribution < -0.4 is 5.73 Å². The molecule has 1 fully saturated rings. The summed E-state index contributed by atoms with van der Waals surface area (Å²) in [7, 11) is 1.32. The molecule has 1 heterocycles. The third-order valence-electron chi connectivity index (χ3n) is 2.02. The van der Waals surface area contributed by atoms with Crippen LogP contribution in [0.2, 0.25) is 0 Å². The van der Waals surface area contributed by atoms with Gasteiger partial charge in [-0.25, -0.2) is 0 Å². The Morgan fingerprint density at radius 3 is 2.67 bits per heavy atom. The lowest BCUT2D eigenvalue weighted by atomic mass is 10.0. The molecule has 0 aliphatic carbocycles. The van der Waals surface area contributed by atoms with Gasteiger partial charge in [0.2, 0.25) is 5.91 Å². The van der Waals surface area contributed by atoms with Gasteiger partial charge in [-0.2, -0.15) is 0 Å². The van der Waals surface area contributed by atoms with Gasteiger partial charge in [-0.1, -0.05) is 0 Å². The molecule has 1 unspecified atom stereocenters. The number of ether oxygens (including phenoxy) is 1. The molecule has 5 heteroatoms. The number of esters is 1. The predicted octanol–water partition coefficient (Wildman–Crippen LogP) is -1.28. The van der Waals surface area contributed by atoms with Gasteiger partial charge in [-0.15, -0.1) is 0 Å². The molecule has 1 saturated heterocycles. The van der Waals surface area contributed by atoms with E-state index in [0.29, 0.717) is 0 Å². The van der Waals surface area contributed by atoms with E-state index in [1.54, 1.807) is 4.90 Å². The SMILES string of the molecule is COC(=O)CN1CCC1C(N)=O. The first-order valence-corrected chi connectivity index (χ1v) is 3.75. The molecule has 2 N–H and O–H groups in total. The summed E-state index contributed by atoms with van der Waals surface area (Å²) in [5.41, 5.74) is 5.07. The molecule has 1 rings (SSSR count). The van der Waals surface area contributed by atoms with E-state index in [2.05, 4.69) is 4.74 Å². The number of amides is 1. The van der Waals surface area contributed by atoms with E-state index in [9.17, 15) is 9.59 Å². The number of nitrogens with zero attached hydrogens (tertiary/aromatic N) is 1. The second-order valence-electron chi connectivity index (χ2n) is 2.75. The van der Waals surface area contributed by atoms with Crippen molar-refractivity contribution in [2.24, 2.45) is 5.73 Å². The molecular weight excluding hydrogens is 160 g/mol. The van der Waals surface area contributed by atoms with Gasteiger partial charge >= 0.3 is 5.97 Å². The van der Waals surface area contributed by atoms with Gasteiger partial charge in [-0.05, 0) is 6.42 Å². The first kappa shape index (κ1) is 8.99. The van der Waals surface area contributed by atoms with E-state index in [-0.39, 0.29) is 24.5 Å². The van der Waals surface area contributed by atoms with Gasteiger partial charge in [0.05, 0.1) is 19.7 Å². The topological polar surface area (TPSA) is 72.6 Å². The Bertz CT molecular complexity index is 205. The molecule has 0 aromatic carbocycles. The summed E-state index contributed by atoms with van der Waals surface area (Å²) in [6.07, 6.45) is 0.742. The lowest BCUT2D eigenvalue weighted by molar-refractivity contribution is -0.145. The molecule has 12 heavy (non-hydrogen) atoms. The molecule has 0 radical (unpaired) electrons. The fourth-order valence-corrected chi connectivity index (χ4v) is 1.18. The fraction of sp³-hybridized carbons (Fsp3) is 0.714. The van der Waals surface area contributed by atoms with E-state index >= 15 is 0 Å². The van der Waals surface area contributed by atoms with Crippen molar-refractivity contribution in [2.45, 2.75) is 12.5 Å². The predicted molar refractivity (Wildman–Crippen MR) is 41.2 cm³/mol. The van der Waals surface area contributed by atoms with Crippen LogP contribution in [0.15, 0.2) is 0 Å². The van der Waals surface area contributed by atoms with Crippen molar-refractivity contribution >= 4 is 11.9 Å². The van der Waals surface area contributed by atoms with E-state index in [0.717, 1.165) is 13.0 Å². The Morgan fingerprint density at radius 1 is 1.67 bits per heavy atom. The molecule has 1 aliphatic rings. The first-order valence-electron chi connectivity index (χ1n) is 3.75. The van der Waals surface area contributed by atoms with Crippen LogP contribution in [-0.2, 0) is 14.3 Å². The molecule has 5 nitrogen and oxygen atoms in total. The largest absolute Gasteiger partial charge is 0.468 e. The van der Waals surface area contributed by atoms with Crippen LogP contribution in [0.4, 0.5) is 0 Å². The molecule has 1 amide bonds. The zero-order chi connectivity index (χ0) is 9.14. The van der Waals surface area contributed by atoms with Crippen molar-refractivity contribution in [1.82, 2.24) is 4.90 Å². The van der Waals surface area contributed by atoms with Gasteiger partial charge in [0, 0.05) is 6.54 Å². The van der Waals surface area contributed by atoms with Gasteiger partial charge < -0.3 is 10.5 Å². The van der Waals surface area contributed by atoms with Gasteiger partial charge in [0.15, 0.2) is 0 Å². The summed E-state index contributed by atoms with van der Waals surface area (Å²) < 4.78 is 4.45. The van der Waals surface area contributed by atoms with E-state index in [4.69, 9.17) is 5.73 Å². The summed E-state index contributed by atoms with van der Waals surface area (Å²) in [4.78, 5) is 23.2. The highest BCUT2D eigenvalue weighted by Gasteiger charge is 2.33. The minimum absolute atomic E-state index is 0.157. The van der Waals surface area contributed by atoms with Crippen molar-refractivity contribution in [3.05, 3.63) is 0 Å².